The molecule has 2 N–H and O–H groups in total. The minimum absolute atomic E-state index is 0.231. The van der Waals surface area contributed by atoms with E-state index in [2.05, 4.69) is 20.1 Å². The van der Waals surface area contributed by atoms with E-state index in [1.165, 1.54) is 11.0 Å². The monoisotopic (exact) mass is 224 g/mol. The lowest BCUT2D eigenvalue weighted by molar-refractivity contribution is 0.799. The summed E-state index contributed by atoms with van der Waals surface area (Å²) in [5.41, 5.74) is 5.57. The van der Waals surface area contributed by atoms with Crippen LogP contribution in [0.15, 0.2) is 6.33 Å². The number of nitrogens with zero attached hydrogens (tertiary/aromatic N) is 5. The van der Waals surface area contributed by atoms with Gasteiger partial charge >= 0.3 is 0 Å². The Morgan fingerprint density at radius 1 is 1.33 bits per heavy atom. The van der Waals surface area contributed by atoms with E-state index in [-0.39, 0.29) is 10.8 Å². The van der Waals surface area contributed by atoms with E-state index in [1.807, 2.05) is 6.92 Å². The zero-order valence-electron chi connectivity index (χ0n) is 8.27. The quantitative estimate of drug-likeness (QED) is 0.779. The predicted octanol–water partition coefficient (Wildman–Crippen LogP) is 0.910. The molecule has 0 aromatic carbocycles. The van der Waals surface area contributed by atoms with Crippen molar-refractivity contribution < 1.29 is 0 Å². The molecular weight excluding hydrogens is 216 g/mol. The van der Waals surface area contributed by atoms with Crippen LogP contribution in [0.4, 0.5) is 5.82 Å². The number of rotatable bonds is 1. The summed E-state index contributed by atoms with van der Waals surface area (Å²) in [4.78, 5) is 11.9. The lowest BCUT2D eigenvalue weighted by atomic mass is 10.5. The number of nitrogen functional groups attached to an aromatic ring is 1. The standard InChI is InChI=1S/C8H9ClN6/c1-4-13-5(2)15(14-4)8-6(9)7(10)11-3-12-8/h3H,1-2H3,(H2,10,11,12). The maximum Gasteiger partial charge on any atom is 0.179 e. The van der Waals surface area contributed by atoms with E-state index in [0.717, 1.165) is 0 Å². The van der Waals surface area contributed by atoms with Crippen molar-refractivity contribution in [3.8, 4) is 5.82 Å². The Morgan fingerprint density at radius 2 is 2.07 bits per heavy atom. The smallest absolute Gasteiger partial charge is 0.179 e. The third-order valence-corrected chi connectivity index (χ3v) is 2.24. The summed E-state index contributed by atoms with van der Waals surface area (Å²) in [6.45, 7) is 3.61. The van der Waals surface area contributed by atoms with Gasteiger partial charge in [-0.05, 0) is 13.8 Å². The van der Waals surface area contributed by atoms with Crippen LogP contribution in [0, 0.1) is 13.8 Å². The Kier molecular flexibility index (Phi) is 2.28. The van der Waals surface area contributed by atoms with Crippen LogP contribution >= 0.6 is 11.6 Å². The minimum Gasteiger partial charge on any atom is -0.382 e. The number of aryl methyl sites for hydroxylation is 2. The number of aromatic nitrogens is 5. The van der Waals surface area contributed by atoms with Gasteiger partial charge in [-0.1, -0.05) is 11.6 Å². The first-order valence-corrected chi connectivity index (χ1v) is 4.64. The molecule has 0 bridgehead atoms. The van der Waals surface area contributed by atoms with Crippen LogP contribution in [0.25, 0.3) is 5.82 Å². The maximum absolute atomic E-state index is 5.97. The molecule has 2 aromatic rings. The molecule has 2 rings (SSSR count). The fraction of sp³-hybridized carbons (Fsp3) is 0.250. The fourth-order valence-corrected chi connectivity index (χ4v) is 1.42. The van der Waals surface area contributed by atoms with E-state index < -0.39 is 0 Å². The van der Waals surface area contributed by atoms with Crippen LogP contribution in [-0.2, 0) is 0 Å². The Bertz CT molecular complexity index is 506. The third kappa shape index (κ3) is 1.63. The summed E-state index contributed by atoms with van der Waals surface area (Å²) in [7, 11) is 0. The summed E-state index contributed by atoms with van der Waals surface area (Å²) in [5.74, 6) is 2.03. The molecule has 2 heterocycles. The molecule has 7 heteroatoms. The van der Waals surface area contributed by atoms with Crippen molar-refractivity contribution in [1.29, 1.82) is 0 Å². The van der Waals surface area contributed by atoms with Gasteiger partial charge in [-0.2, -0.15) is 4.68 Å². The van der Waals surface area contributed by atoms with E-state index in [9.17, 15) is 0 Å². The first-order valence-electron chi connectivity index (χ1n) is 4.26. The fourth-order valence-electron chi connectivity index (χ4n) is 1.24. The van der Waals surface area contributed by atoms with Gasteiger partial charge in [0, 0.05) is 0 Å². The number of anilines is 1. The van der Waals surface area contributed by atoms with Gasteiger partial charge in [-0.25, -0.2) is 15.0 Å². The summed E-state index contributed by atoms with van der Waals surface area (Å²) in [5, 5.41) is 4.44. The van der Waals surface area contributed by atoms with Gasteiger partial charge in [0.1, 0.15) is 28.8 Å². The van der Waals surface area contributed by atoms with E-state index in [4.69, 9.17) is 17.3 Å². The van der Waals surface area contributed by atoms with E-state index in [0.29, 0.717) is 17.5 Å². The van der Waals surface area contributed by atoms with Crippen LogP contribution in [0.2, 0.25) is 5.02 Å². The van der Waals surface area contributed by atoms with Crippen LogP contribution < -0.4 is 5.73 Å². The average Bonchev–Trinajstić information content (AvgIpc) is 2.50. The molecular formula is C8H9ClN6. The summed E-state index contributed by atoms with van der Waals surface area (Å²) < 4.78 is 1.54. The van der Waals surface area contributed by atoms with Crippen LogP contribution in [-0.4, -0.2) is 24.7 Å². The van der Waals surface area contributed by atoms with Crippen molar-refractivity contribution in [3.05, 3.63) is 23.0 Å². The molecule has 0 amide bonds. The molecule has 0 aliphatic carbocycles. The third-order valence-electron chi connectivity index (χ3n) is 1.87. The highest BCUT2D eigenvalue weighted by molar-refractivity contribution is 6.34. The summed E-state index contributed by atoms with van der Waals surface area (Å²) in [6, 6.07) is 0. The second-order valence-corrected chi connectivity index (χ2v) is 3.39. The number of hydrogen-bond acceptors (Lipinski definition) is 5. The zero-order chi connectivity index (χ0) is 11.0. The van der Waals surface area contributed by atoms with Crippen LogP contribution in [0.5, 0.6) is 0 Å². The van der Waals surface area contributed by atoms with Crippen molar-refractivity contribution in [3.63, 3.8) is 0 Å². The highest BCUT2D eigenvalue weighted by atomic mass is 35.5. The van der Waals surface area contributed by atoms with E-state index >= 15 is 0 Å². The van der Waals surface area contributed by atoms with Gasteiger partial charge in [-0.3, -0.25) is 0 Å². The lowest BCUT2D eigenvalue weighted by Gasteiger charge is -2.04. The van der Waals surface area contributed by atoms with Crippen molar-refractivity contribution in [1.82, 2.24) is 24.7 Å². The van der Waals surface area contributed by atoms with Gasteiger partial charge in [0.25, 0.3) is 0 Å². The molecule has 0 saturated heterocycles. The van der Waals surface area contributed by atoms with Gasteiger partial charge in [-0.15, -0.1) is 5.10 Å². The Balaban J connectivity index is 2.64. The lowest BCUT2D eigenvalue weighted by Crippen LogP contribution is -2.05. The van der Waals surface area contributed by atoms with E-state index in [1.54, 1.807) is 6.92 Å². The summed E-state index contributed by atoms with van der Waals surface area (Å²) >= 11 is 5.97. The molecule has 0 radical (unpaired) electrons. The van der Waals surface area contributed by atoms with Gasteiger partial charge in [0.2, 0.25) is 0 Å². The first-order chi connectivity index (χ1) is 7.09. The van der Waals surface area contributed by atoms with Gasteiger partial charge in [0.15, 0.2) is 5.82 Å². The molecule has 2 aromatic heterocycles. The Hall–Kier alpha value is -1.69. The van der Waals surface area contributed by atoms with Crippen molar-refractivity contribution in [2.24, 2.45) is 0 Å². The molecule has 78 valence electrons. The minimum atomic E-state index is 0.231. The Morgan fingerprint density at radius 3 is 2.67 bits per heavy atom. The number of hydrogen-bond donors (Lipinski definition) is 1. The van der Waals surface area contributed by atoms with Gasteiger partial charge in [0.05, 0.1) is 0 Å². The highest BCUT2D eigenvalue weighted by Gasteiger charge is 2.12. The molecule has 6 nitrogen and oxygen atoms in total. The normalized spacial score (nSPS) is 10.6. The first kappa shape index (κ1) is 9.85. The Labute approximate surface area is 91.1 Å². The number of halogens is 1. The van der Waals surface area contributed by atoms with Crippen molar-refractivity contribution in [2.45, 2.75) is 13.8 Å². The molecule has 0 spiro atoms. The van der Waals surface area contributed by atoms with Crippen molar-refractivity contribution in [2.75, 3.05) is 5.73 Å². The SMILES string of the molecule is Cc1nc(C)n(-c2ncnc(N)c2Cl)n1. The molecule has 0 aliphatic heterocycles. The number of nitrogens with two attached hydrogens (primary N) is 1. The molecule has 0 atom stereocenters. The molecule has 15 heavy (non-hydrogen) atoms. The second-order valence-electron chi connectivity index (χ2n) is 3.01. The van der Waals surface area contributed by atoms with Gasteiger partial charge < -0.3 is 5.73 Å². The molecule has 0 unspecified atom stereocenters. The average molecular weight is 225 g/mol. The van der Waals surface area contributed by atoms with Crippen molar-refractivity contribution >= 4 is 17.4 Å². The predicted molar refractivity (Wildman–Crippen MR) is 55.8 cm³/mol. The zero-order valence-corrected chi connectivity index (χ0v) is 9.02. The molecule has 0 saturated carbocycles. The molecule has 0 fully saturated rings. The van der Waals surface area contributed by atoms with Crippen LogP contribution in [0.1, 0.15) is 11.6 Å². The summed E-state index contributed by atoms with van der Waals surface area (Å²) in [6.07, 6.45) is 1.34. The van der Waals surface area contributed by atoms with Crippen LogP contribution in [0.3, 0.4) is 0 Å². The largest absolute Gasteiger partial charge is 0.382 e. The highest BCUT2D eigenvalue weighted by Crippen LogP contribution is 2.22. The second kappa shape index (κ2) is 3.47. The molecule has 0 aliphatic rings. The maximum atomic E-state index is 5.97. The topological polar surface area (TPSA) is 82.5 Å².